The summed E-state index contributed by atoms with van der Waals surface area (Å²) in [5.74, 6) is 1.46. The second-order valence-electron chi connectivity index (χ2n) is 7.85. The highest BCUT2D eigenvalue weighted by atomic mass is 35.5. The monoisotopic (exact) mass is 469 g/mol. The smallest absolute Gasteiger partial charge is 0.225 e. The molecule has 0 aliphatic carbocycles. The quantitative estimate of drug-likeness (QED) is 0.292. The fraction of sp³-hybridized carbons (Fsp3) is 0.0741. The van der Waals surface area contributed by atoms with Crippen LogP contribution in [-0.4, -0.2) is 19.5 Å². The van der Waals surface area contributed by atoms with Crippen molar-refractivity contribution in [1.82, 2.24) is 19.5 Å². The molecule has 5 rings (SSSR count). The van der Waals surface area contributed by atoms with Gasteiger partial charge in [0.05, 0.1) is 11.7 Å². The van der Waals surface area contributed by atoms with Crippen molar-refractivity contribution in [3.63, 3.8) is 0 Å². The Morgan fingerprint density at radius 2 is 1.68 bits per heavy atom. The van der Waals surface area contributed by atoms with Crippen LogP contribution in [0.1, 0.15) is 18.5 Å². The number of rotatable bonds is 6. The van der Waals surface area contributed by atoms with E-state index in [0.717, 1.165) is 22.4 Å². The van der Waals surface area contributed by atoms with Gasteiger partial charge in [-0.25, -0.2) is 14.4 Å². The van der Waals surface area contributed by atoms with Gasteiger partial charge in [0, 0.05) is 28.5 Å². The molecule has 0 bridgehead atoms. The number of hydrogen-bond donors (Lipinski definition) is 1. The number of nitrogens with one attached hydrogen (secondary N) is 1. The lowest BCUT2D eigenvalue weighted by atomic mass is 10.1. The first-order chi connectivity index (χ1) is 16.6. The summed E-state index contributed by atoms with van der Waals surface area (Å²) in [5.41, 5.74) is 3.50. The predicted octanol–water partition coefficient (Wildman–Crippen LogP) is 6.96. The second-order valence-corrected chi connectivity index (χ2v) is 8.29. The zero-order valence-electron chi connectivity index (χ0n) is 18.4. The Labute approximate surface area is 201 Å². The highest BCUT2D eigenvalue weighted by Crippen LogP contribution is 2.29. The van der Waals surface area contributed by atoms with Crippen LogP contribution in [0.2, 0.25) is 5.02 Å². The lowest BCUT2D eigenvalue weighted by Crippen LogP contribution is -2.10. The molecule has 1 atom stereocenters. The minimum absolute atomic E-state index is 0.0258. The number of halogens is 2. The summed E-state index contributed by atoms with van der Waals surface area (Å²) in [6.45, 7) is 2.06. The lowest BCUT2D eigenvalue weighted by Gasteiger charge is -2.15. The Morgan fingerprint density at radius 3 is 2.44 bits per heavy atom. The van der Waals surface area contributed by atoms with Crippen LogP contribution in [0.5, 0.6) is 0 Å². The maximum Gasteiger partial charge on any atom is 0.225 e. The summed E-state index contributed by atoms with van der Waals surface area (Å²) in [7, 11) is 0. The lowest BCUT2D eigenvalue weighted by molar-refractivity contribution is 0.628. The summed E-state index contributed by atoms with van der Waals surface area (Å²) in [5, 5.41) is 3.98. The Kier molecular flexibility index (Phi) is 6.06. The molecule has 7 heteroatoms. The number of nitrogens with zero attached hydrogens (tertiary/aromatic N) is 4. The average Bonchev–Trinajstić information content (AvgIpc) is 3.31. The number of hydrogen-bond acceptors (Lipinski definition) is 4. The van der Waals surface area contributed by atoms with E-state index in [9.17, 15) is 4.39 Å². The number of imidazole rings is 1. The third-order valence-electron chi connectivity index (χ3n) is 5.46. The van der Waals surface area contributed by atoms with Gasteiger partial charge in [-0.2, -0.15) is 4.98 Å². The first kappa shape index (κ1) is 21.8. The maximum atomic E-state index is 13.6. The van der Waals surface area contributed by atoms with Gasteiger partial charge in [0.25, 0.3) is 0 Å². The van der Waals surface area contributed by atoms with E-state index >= 15 is 0 Å². The minimum Gasteiger partial charge on any atom is -0.348 e. The molecule has 0 saturated heterocycles. The Hall–Kier alpha value is -4.03. The molecular weight excluding hydrogens is 449 g/mol. The van der Waals surface area contributed by atoms with Crippen molar-refractivity contribution in [2.45, 2.75) is 13.0 Å². The molecule has 5 aromatic rings. The van der Waals surface area contributed by atoms with Crippen molar-refractivity contribution < 1.29 is 4.39 Å². The zero-order chi connectivity index (χ0) is 23.5. The Balaban J connectivity index is 1.56. The van der Waals surface area contributed by atoms with Crippen LogP contribution >= 0.6 is 11.6 Å². The topological polar surface area (TPSA) is 55.6 Å². The van der Waals surface area contributed by atoms with Crippen LogP contribution < -0.4 is 5.32 Å². The first-order valence-electron chi connectivity index (χ1n) is 10.8. The molecule has 0 fully saturated rings. The van der Waals surface area contributed by atoms with Crippen LogP contribution in [0, 0.1) is 5.82 Å². The van der Waals surface area contributed by atoms with Crippen LogP contribution in [0.3, 0.4) is 0 Å². The van der Waals surface area contributed by atoms with Crippen molar-refractivity contribution in [2.24, 2.45) is 0 Å². The van der Waals surface area contributed by atoms with Crippen LogP contribution in [0.25, 0.3) is 28.5 Å². The van der Waals surface area contributed by atoms with E-state index in [1.807, 2.05) is 59.3 Å². The standard InChI is InChI=1S/C27H21ClFN5/c1-18(19-6-3-2-4-7-19)31-27-30-15-14-25(33-27)34-17-24(21-8-5-9-22(28)16-21)32-26(34)20-10-12-23(29)13-11-20/h2-18H,1H3,(H,30,31,33)/t18-/m0/s1. The molecule has 2 aromatic heterocycles. The van der Waals surface area contributed by atoms with Gasteiger partial charge in [-0.05, 0) is 55.0 Å². The summed E-state index contributed by atoms with van der Waals surface area (Å²) in [6, 6.07) is 25.7. The van der Waals surface area contributed by atoms with Gasteiger partial charge in [-0.3, -0.25) is 4.57 Å². The van der Waals surface area contributed by atoms with E-state index in [4.69, 9.17) is 21.6 Å². The maximum absolute atomic E-state index is 13.6. The summed E-state index contributed by atoms with van der Waals surface area (Å²) >= 11 is 6.21. The van der Waals surface area contributed by atoms with E-state index in [2.05, 4.69) is 29.4 Å². The van der Waals surface area contributed by atoms with Gasteiger partial charge in [0.1, 0.15) is 17.5 Å². The highest BCUT2D eigenvalue weighted by molar-refractivity contribution is 6.30. The SMILES string of the molecule is C[C@H](Nc1nccc(-n2cc(-c3cccc(Cl)c3)nc2-c2ccc(F)cc2)n1)c1ccccc1. The Morgan fingerprint density at radius 1 is 0.882 bits per heavy atom. The molecule has 0 amide bonds. The highest BCUT2D eigenvalue weighted by Gasteiger charge is 2.16. The molecule has 1 N–H and O–H groups in total. The number of aromatic nitrogens is 4. The van der Waals surface area contributed by atoms with E-state index in [0.29, 0.717) is 22.6 Å². The molecular formula is C27H21ClFN5. The van der Waals surface area contributed by atoms with Gasteiger partial charge in [-0.1, -0.05) is 54.1 Å². The van der Waals surface area contributed by atoms with Crippen molar-refractivity contribution in [3.05, 3.63) is 114 Å². The van der Waals surface area contributed by atoms with Crippen LogP contribution in [0.15, 0.2) is 97.3 Å². The summed E-state index contributed by atoms with van der Waals surface area (Å²) in [6.07, 6.45) is 3.60. The molecule has 34 heavy (non-hydrogen) atoms. The normalized spacial score (nSPS) is 11.9. The van der Waals surface area contributed by atoms with Gasteiger partial charge < -0.3 is 5.32 Å². The van der Waals surface area contributed by atoms with E-state index < -0.39 is 0 Å². The van der Waals surface area contributed by atoms with Gasteiger partial charge in [0.15, 0.2) is 0 Å². The molecule has 0 saturated carbocycles. The largest absolute Gasteiger partial charge is 0.348 e. The number of anilines is 1. The first-order valence-corrected chi connectivity index (χ1v) is 11.2. The Bertz CT molecular complexity index is 1420. The zero-order valence-corrected chi connectivity index (χ0v) is 19.1. The molecule has 3 aromatic carbocycles. The van der Waals surface area contributed by atoms with Gasteiger partial charge in [0.2, 0.25) is 5.95 Å². The molecule has 0 spiro atoms. The van der Waals surface area contributed by atoms with Crippen molar-refractivity contribution in [2.75, 3.05) is 5.32 Å². The molecule has 0 unspecified atom stereocenters. The summed E-state index contributed by atoms with van der Waals surface area (Å²) < 4.78 is 15.5. The molecule has 2 heterocycles. The number of benzene rings is 3. The van der Waals surface area contributed by atoms with E-state index in [1.54, 1.807) is 18.3 Å². The third-order valence-corrected chi connectivity index (χ3v) is 5.70. The summed E-state index contributed by atoms with van der Waals surface area (Å²) in [4.78, 5) is 14.0. The second kappa shape index (κ2) is 9.45. The fourth-order valence-electron chi connectivity index (χ4n) is 3.72. The fourth-order valence-corrected chi connectivity index (χ4v) is 3.91. The van der Waals surface area contributed by atoms with Crippen molar-refractivity contribution in [3.8, 4) is 28.5 Å². The van der Waals surface area contributed by atoms with Gasteiger partial charge in [-0.15, -0.1) is 0 Å². The minimum atomic E-state index is -0.305. The third kappa shape index (κ3) is 4.67. The molecule has 0 aliphatic rings. The molecule has 5 nitrogen and oxygen atoms in total. The van der Waals surface area contributed by atoms with E-state index in [1.165, 1.54) is 12.1 Å². The van der Waals surface area contributed by atoms with E-state index in [-0.39, 0.29) is 11.9 Å². The average molecular weight is 470 g/mol. The van der Waals surface area contributed by atoms with Crippen molar-refractivity contribution >= 4 is 17.5 Å². The van der Waals surface area contributed by atoms with Crippen LogP contribution in [-0.2, 0) is 0 Å². The predicted molar refractivity (Wildman–Crippen MR) is 133 cm³/mol. The van der Waals surface area contributed by atoms with Crippen molar-refractivity contribution in [1.29, 1.82) is 0 Å². The van der Waals surface area contributed by atoms with Crippen LogP contribution in [0.4, 0.5) is 10.3 Å². The molecule has 0 aliphatic heterocycles. The molecule has 168 valence electrons. The molecule has 0 radical (unpaired) electrons. The van der Waals surface area contributed by atoms with Gasteiger partial charge >= 0.3 is 0 Å².